The third-order valence-electron chi connectivity index (χ3n) is 8.55. The minimum atomic E-state index is -1.05. The number of halogens is 5. The molecule has 0 radical (unpaired) electrons. The standard InChI is InChI=1S/C32H23BrCl4N6O3/c33-18-4-2-5-21(12-18)42-31(45)28-30(32(42)46)41(40-38-28)15-26(44)43-29(22-10-9-20(35)14-25(22)37)23-6-1-3-17(27(23)39-43)11-16-7-8-19(34)13-24(16)36/h2,4-5,7-14,23,28-30H,1,3,6,15H2/b17-11+/t23-,28+,29+,30-/m0/s1. The van der Waals surface area contributed by atoms with Crippen LogP contribution in [0.5, 0.6) is 0 Å². The molecule has 0 N–H and O–H groups in total. The summed E-state index contributed by atoms with van der Waals surface area (Å²) in [6.45, 7) is -0.330. The van der Waals surface area contributed by atoms with E-state index in [9.17, 15) is 14.4 Å². The van der Waals surface area contributed by atoms with Crippen LogP contribution in [-0.2, 0) is 14.4 Å². The molecule has 9 nitrogen and oxygen atoms in total. The van der Waals surface area contributed by atoms with Gasteiger partial charge in [0.1, 0.15) is 6.54 Å². The van der Waals surface area contributed by atoms with E-state index in [1.165, 1.54) is 10.0 Å². The van der Waals surface area contributed by atoms with Crippen LogP contribution in [0.25, 0.3) is 6.08 Å². The van der Waals surface area contributed by atoms with Crippen LogP contribution in [0.3, 0.4) is 0 Å². The molecule has 4 atom stereocenters. The summed E-state index contributed by atoms with van der Waals surface area (Å²) in [5.41, 5.74) is 3.61. The minimum absolute atomic E-state index is 0.164. The maximum absolute atomic E-state index is 14.2. The molecule has 1 aliphatic carbocycles. The first-order valence-corrected chi connectivity index (χ1v) is 16.7. The van der Waals surface area contributed by atoms with Crippen LogP contribution in [-0.4, -0.2) is 52.1 Å². The highest BCUT2D eigenvalue weighted by Gasteiger charge is 2.55. The Hall–Kier alpha value is -3.28. The fraction of sp³-hybridized carbons (Fsp3) is 0.250. The molecule has 3 aromatic carbocycles. The van der Waals surface area contributed by atoms with Gasteiger partial charge < -0.3 is 0 Å². The molecule has 1 saturated carbocycles. The molecule has 0 spiro atoms. The fourth-order valence-electron chi connectivity index (χ4n) is 6.50. The number of amides is 3. The van der Waals surface area contributed by atoms with Gasteiger partial charge in [0.25, 0.3) is 17.7 Å². The third-order valence-corrected chi connectivity index (χ3v) is 10.2. The number of fused-ring (bicyclic) bond motifs is 2. The highest BCUT2D eigenvalue weighted by molar-refractivity contribution is 9.10. The van der Waals surface area contributed by atoms with Gasteiger partial charge in [0.2, 0.25) is 0 Å². The van der Waals surface area contributed by atoms with Crippen molar-refractivity contribution in [2.75, 3.05) is 11.4 Å². The zero-order valence-electron chi connectivity index (χ0n) is 23.8. The van der Waals surface area contributed by atoms with E-state index in [4.69, 9.17) is 51.5 Å². The van der Waals surface area contributed by atoms with E-state index < -0.39 is 35.8 Å². The van der Waals surface area contributed by atoms with Crippen LogP contribution >= 0.6 is 62.3 Å². The average Bonchev–Trinajstić information content (AvgIpc) is 3.68. The second kappa shape index (κ2) is 12.4. The van der Waals surface area contributed by atoms with Gasteiger partial charge >= 0.3 is 0 Å². The van der Waals surface area contributed by atoms with E-state index in [1.807, 2.05) is 18.2 Å². The van der Waals surface area contributed by atoms with Gasteiger partial charge in [0, 0.05) is 30.5 Å². The number of hydrogen-bond donors (Lipinski definition) is 0. The number of rotatable bonds is 5. The number of nitrogens with zero attached hydrogens (tertiary/aromatic N) is 6. The molecule has 0 aromatic heterocycles. The molecule has 234 valence electrons. The van der Waals surface area contributed by atoms with Crippen molar-refractivity contribution in [1.82, 2.24) is 10.0 Å². The number of imide groups is 1. The van der Waals surface area contributed by atoms with Crippen molar-refractivity contribution in [3.8, 4) is 0 Å². The van der Waals surface area contributed by atoms with E-state index in [2.05, 4.69) is 26.3 Å². The SMILES string of the molecule is O=C1[C@@H]2[C@@H](N=NN2CC(=O)N2N=C3/C(=C/c4ccc(Cl)cc4Cl)CCC[C@@H]3[C@H]2c2ccc(Cl)cc2Cl)C(=O)N1c1cccc(Br)c1. The summed E-state index contributed by atoms with van der Waals surface area (Å²) >= 11 is 29.0. The lowest BCUT2D eigenvalue weighted by atomic mass is 9.77. The number of hydrazone groups is 1. The quantitative estimate of drug-likeness (QED) is 0.245. The van der Waals surface area contributed by atoms with Crippen molar-refractivity contribution in [3.05, 3.63) is 102 Å². The molecule has 3 aliphatic heterocycles. The van der Waals surface area contributed by atoms with E-state index in [0.29, 0.717) is 35.8 Å². The van der Waals surface area contributed by atoms with Crippen molar-refractivity contribution in [2.45, 2.75) is 37.4 Å². The Balaban J connectivity index is 1.21. The van der Waals surface area contributed by atoms with E-state index >= 15 is 0 Å². The summed E-state index contributed by atoms with van der Waals surface area (Å²) in [6.07, 6.45) is 4.34. The second-order valence-corrected chi connectivity index (χ2v) is 14.0. The molecular weight excluding hydrogens is 738 g/mol. The normalized spacial score (nSPS) is 24.6. The summed E-state index contributed by atoms with van der Waals surface area (Å²) in [6, 6.07) is 14.7. The van der Waals surface area contributed by atoms with Gasteiger partial charge in [-0.05, 0) is 84.5 Å². The lowest BCUT2D eigenvalue weighted by Gasteiger charge is -2.31. The van der Waals surface area contributed by atoms with Crippen LogP contribution in [0.4, 0.5) is 5.69 Å². The highest BCUT2D eigenvalue weighted by atomic mass is 79.9. The first kappa shape index (κ1) is 31.3. The number of anilines is 1. The Kier molecular flexibility index (Phi) is 8.44. The van der Waals surface area contributed by atoms with Crippen molar-refractivity contribution in [3.63, 3.8) is 0 Å². The molecule has 3 aromatic rings. The topological polar surface area (TPSA) is 98.0 Å². The molecule has 3 amide bonds. The summed E-state index contributed by atoms with van der Waals surface area (Å²) in [5, 5.41) is 17.7. The van der Waals surface area contributed by atoms with Gasteiger partial charge in [0.15, 0.2) is 12.1 Å². The van der Waals surface area contributed by atoms with Gasteiger partial charge in [-0.1, -0.05) is 85.8 Å². The Bertz CT molecular complexity index is 1900. The van der Waals surface area contributed by atoms with Crippen LogP contribution in [0.2, 0.25) is 20.1 Å². The maximum Gasteiger partial charge on any atom is 0.264 e. The van der Waals surface area contributed by atoms with Crippen molar-refractivity contribution < 1.29 is 14.4 Å². The van der Waals surface area contributed by atoms with Crippen LogP contribution in [0.1, 0.15) is 36.4 Å². The number of carbonyl (C=O) groups is 3. The molecule has 0 bridgehead atoms. The predicted octanol–water partition coefficient (Wildman–Crippen LogP) is 8.18. The lowest BCUT2D eigenvalue weighted by Crippen LogP contribution is -2.45. The van der Waals surface area contributed by atoms with Gasteiger partial charge in [-0.15, -0.1) is 0 Å². The van der Waals surface area contributed by atoms with Crippen LogP contribution < -0.4 is 4.90 Å². The molecule has 7 rings (SSSR count). The number of benzene rings is 3. The molecule has 46 heavy (non-hydrogen) atoms. The predicted molar refractivity (Wildman–Crippen MR) is 181 cm³/mol. The van der Waals surface area contributed by atoms with Crippen LogP contribution in [0.15, 0.2) is 86.1 Å². The Morgan fingerprint density at radius 1 is 0.935 bits per heavy atom. The highest BCUT2D eigenvalue weighted by Crippen LogP contribution is 2.47. The lowest BCUT2D eigenvalue weighted by molar-refractivity contribution is -0.136. The number of hydrogen-bond acceptors (Lipinski definition) is 7. The third kappa shape index (κ3) is 5.54. The van der Waals surface area contributed by atoms with Gasteiger partial charge in [-0.3, -0.25) is 19.4 Å². The average molecular weight is 761 g/mol. The zero-order valence-corrected chi connectivity index (χ0v) is 28.4. The van der Waals surface area contributed by atoms with E-state index in [1.54, 1.807) is 48.5 Å². The minimum Gasteiger partial charge on any atom is -0.271 e. The largest absolute Gasteiger partial charge is 0.271 e. The first-order valence-electron chi connectivity index (χ1n) is 14.4. The summed E-state index contributed by atoms with van der Waals surface area (Å²) in [5.74, 6) is -1.60. The van der Waals surface area contributed by atoms with Gasteiger partial charge in [-0.2, -0.15) is 10.2 Å². The van der Waals surface area contributed by atoms with Crippen molar-refractivity contribution >= 4 is 97.5 Å². The monoisotopic (exact) mass is 758 g/mol. The molecule has 3 heterocycles. The van der Waals surface area contributed by atoms with Gasteiger partial charge in [0.05, 0.1) is 17.4 Å². The van der Waals surface area contributed by atoms with Gasteiger partial charge in [-0.25, -0.2) is 9.91 Å². The molecule has 14 heteroatoms. The van der Waals surface area contributed by atoms with Crippen molar-refractivity contribution in [1.29, 1.82) is 0 Å². The zero-order chi connectivity index (χ0) is 32.3. The maximum atomic E-state index is 14.2. The molecular formula is C32H23BrCl4N6O3. The molecule has 0 unspecified atom stereocenters. The summed E-state index contributed by atoms with van der Waals surface area (Å²) in [4.78, 5) is 42.1. The fourth-order valence-corrected chi connectivity index (χ4v) is 7.87. The second-order valence-electron chi connectivity index (χ2n) is 11.4. The first-order chi connectivity index (χ1) is 22.1. The summed E-state index contributed by atoms with van der Waals surface area (Å²) in [7, 11) is 0. The van der Waals surface area contributed by atoms with E-state index in [-0.39, 0.29) is 12.5 Å². The number of allylic oxidation sites excluding steroid dienone is 1. The van der Waals surface area contributed by atoms with E-state index in [0.717, 1.165) is 41.0 Å². The number of carbonyl (C=O) groups excluding carboxylic acids is 3. The Morgan fingerprint density at radius 3 is 2.43 bits per heavy atom. The van der Waals surface area contributed by atoms with Crippen molar-refractivity contribution in [2.24, 2.45) is 21.4 Å². The summed E-state index contributed by atoms with van der Waals surface area (Å²) < 4.78 is 0.713. The molecule has 4 aliphatic rings. The molecule has 2 fully saturated rings. The Morgan fingerprint density at radius 2 is 1.70 bits per heavy atom. The smallest absolute Gasteiger partial charge is 0.264 e. The van der Waals surface area contributed by atoms with Crippen LogP contribution in [0, 0.1) is 5.92 Å². The Labute approximate surface area is 292 Å². The molecule has 1 saturated heterocycles.